The van der Waals surface area contributed by atoms with Crippen LogP contribution in [0.3, 0.4) is 0 Å². The zero-order valence-corrected chi connectivity index (χ0v) is 12.2. The van der Waals surface area contributed by atoms with E-state index < -0.39 is 0 Å². The van der Waals surface area contributed by atoms with E-state index in [9.17, 15) is 0 Å². The molecule has 2 unspecified atom stereocenters. The van der Waals surface area contributed by atoms with Crippen LogP contribution in [0.2, 0.25) is 0 Å². The molecule has 0 saturated carbocycles. The normalized spacial score (nSPS) is 21.4. The lowest BCUT2D eigenvalue weighted by Crippen LogP contribution is -2.35. The summed E-state index contributed by atoms with van der Waals surface area (Å²) in [6.45, 7) is 2.29. The predicted octanol–water partition coefficient (Wildman–Crippen LogP) is 4.39. The highest BCUT2D eigenvalue weighted by molar-refractivity contribution is 7.99. The summed E-state index contributed by atoms with van der Waals surface area (Å²) in [6.07, 6.45) is 2.67. The van der Waals surface area contributed by atoms with Crippen LogP contribution in [0.1, 0.15) is 31.4 Å². The molecule has 1 heterocycles. The Morgan fingerprint density at radius 2 is 2.00 bits per heavy atom. The third kappa shape index (κ3) is 2.96. The zero-order valence-electron chi connectivity index (χ0n) is 11.4. The third-order valence-corrected chi connectivity index (χ3v) is 5.15. The molecule has 1 N–H and O–H groups in total. The van der Waals surface area contributed by atoms with Crippen molar-refractivity contribution < 1.29 is 0 Å². The number of nitrogens with one attached hydrogen (secondary N) is 1. The Morgan fingerprint density at radius 3 is 2.84 bits per heavy atom. The number of rotatable bonds is 3. The lowest BCUT2D eigenvalue weighted by molar-refractivity contribution is 0.454. The van der Waals surface area contributed by atoms with E-state index in [1.54, 1.807) is 0 Å². The molecule has 0 bridgehead atoms. The minimum Gasteiger partial charge on any atom is -0.307 e. The van der Waals surface area contributed by atoms with Crippen LogP contribution in [0.4, 0.5) is 0 Å². The number of hydrogen-bond acceptors (Lipinski definition) is 2. The van der Waals surface area contributed by atoms with Gasteiger partial charge in [-0.3, -0.25) is 0 Å². The molecule has 2 heteroatoms. The molecule has 2 aromatic rings. The summed E-state index contributed by atoms with van der Waals surface area (Å²) in [5.74, 6) is 2.59. The maximum absolute atomic E-state index is 3.81. The van der Waals surface area contributed by atoms with Gasteiger partial charge in [0.1, 0.15) is 0 Å². The van der Waals surface area contributed by atoms with Crippen molar-refractivity contribution in [2.24, 2.45) is 0 Å². The second-order valence-corrected chi connectivity index (χ2v) is 6.52. The molecule has 0 aromatic heterocycles. The molecule has 1 nitrogen and oxygen atoms in total. The molecule has 1 aliphatic rings. The average molecular weight is 271 g/mol. The van der Waals surface area contributed by atoms with Gasteiger partial charge in [-0.2, -0.15) is 11.8 Å². The first-order chi connectivity index (χ1) is 9.34. The summed E-state index contributed by atoms with van der Waals surface area (Å²) >= 11 is 2.08. The second kappa shape index (κ2) is 5.98. The summed E-state index contributed by atoms with van der Waals surface area (Å²) in [7, 11) is 0. The molecular weight excluding hydrogens is 250 g/mol. The average Bonchev–Trinajstić information content (AvgIpc) is 2.47. The van der Waals surface area contributed by atoms with Gasteiger partial charge in [0.05, 0.1) is 0 Å². The minimum absolute atomic E-state index is 0.426. The number of hydrogen-bond donors (Lipinski definition) is 1. The topological polar surface area (TPSA) is 12.0 Å². The van der Waals surface area contributed by atoms with E-state index >= 15 is 0 Å². The summed E-state index contributed by atoms with van der Waals surface area (Å²) < 4.78 is 0. The highest BCUT2D eigenvalue weighted by Crippen LogP contribution is 2.26. The molecule has 0 amide bonds. The highest BCUT2D eigenvalue weighted by Gasteiger charge is 2.17. The Labute approximate surface area is 119 Å². The van der Waals surface area contributed by atoms with Crippen LogP contribution in [0.25, 0.3) is 10.8 Å². The molecule has 3 rings (SSSR count). The molecule has 100 valence electrons. The standard InChI is InChI=1S/C17H21NS/c1-13(18-15-8-5-11-19-12-15)16-10-4-7-14-6-2-3-9-17(14)16/h2-4,6-7,9-10,13,15,18H,5,8,11-12H2,1H3. The van der Waals surface area contributed by atoms with Gasteiger partial charge in [-0.1, -0.05) is 42.5 Å². The monoisotopic (exact) mass is 271 g/mol. The number of benzene rings is 2. The lowest BCUT2D eigenvalue weighted by Gasteiger charge is -2.27. The van der Waals surface area contributed by atoms with Crippen molar-refractivity contribution in [1.82, 2.24) is 5.32 Å². The Balaban J connectivity index is 1.82. The predicted molar refractivity (Wildman–Crippen MR) is 85.8 cm³/mol. The first kappa shape index (κ1) is 13.0. The molecule has 0 spiro atoms. The summed E-state index contributed by atoms with van der Waals surface area (Å²) in [4.78, 5) is 0. The van der Waals surface area contributed by atoms with Crippen LogP contribution < -0.4 is 5.32 Å². The van der Waals surface area contributed by atoms with Crippen LogP contribution in [0.5, 0.6) is 0 Å². The smallest absolute Gasteiger partial charge is 0.0300 e. The fourth-order valence-corrected chi connectivity index (χ4v) is 4.03. The summed E-state index contributed by atoms with van der Waals surface area (Å²) in [5, 5.41) is 6.53. The van der Waals surface area contributed by atoms with Crippen LogP contribution in [-0.2, 0) is 0 Å². The Hall–Kier alpha value is -0.990. The first-order valence-corrected chi connectivity index (χ1v) is 8.31. The zero-order chi connectivity index (χ0) is 13.1. The van der Waals surface area contributed by atoms with Crippen LogP contribution in [-0.4, -0.2) is 17.5 Å². The fourth-order valence-electron chi connectivity index (χ4n) is 2.94. The largest absolute Gasteiger partial charge is 0.307 e. The van der Waals surface area contributed by atoms with Gasteiger partial charge in [0.25, 0.3) is 0 Å². The van der Waals surface area contributed by atoms with E-state index in [1.807, 2.05) is 0 Å². The van der Waals surface area contributed by atoms with E-state index in [0.29, 0.717) is 12.1 Å². The Morgan fingerprint density at radius 1 is 1.16 bits per heavy atom. The van der Waals surface area contributed by atoms with Gasteiger partial charge < -0.3 is 5.32 Å². The number of fused-ring (bicyclic) bond motifs is 1. The van der Waals surface area contributed by atoms with Crippen LogP contribution in [0.15, 0.2) is 42.5 Å². The van der Waals surface area contributed by atoms with Gasteiger partial charge in [-0.15, -0.1) is 0 Å². The van der Waals surface area contributed by atoms with E-state index in [2.05, 4.69) is 66.5 Å². The summed E-state index contributed by atoms with van der Waals surface area (Å²) in [5.41, 5.74) is 1.42. The maximum Gasteiger partial charge on any atom is 0.0300 e. The molecule has 2 aromatic carbocycles. The van der Waals surface area contributed by atoms with Crippen molar-refractivity contribution in [3.8, 4) is 0 Å². The van der Waals surface area contributed by atoms with Crippen LogP contribution in [0, 0.1) is 0 Å². The highest BCUT2D eigenvalue weighted by atomic mass is 32.2. The molecule has 0 aliphatic carbocycles. The molecule has 0 radical (unpaired) electrons. The van der Waals surface area contributed by atoms with E-state index in [-0.39, 0.29) is 0 Å². The van der Waals surface area contributed by atoms with Gasteiger partial charge in [-0.05, 0) is 41.9 Å². The maximum atomic E-state index is 3.81. The molecule has 2 atom stereocenters. The summed E-state index contributed by atoms with van der Waals surface area (Å²) in [6, 6.07) is 16.4. The minimum atomic E-state index is 0.426. The second-order valence-electron chi connectivity index (χ2n) is 5.37. The van der Waals surface area contributed by atoms with Crippen LogP contribution >= 0.6 is 11.8 Å². The van der Waals surface area contributed by atoms with E-state index in [4.69, 9.17) is 0 Å². The fraction of sp³-hybridized carbons (Fsp3) is 0.412. The quantitative estimate of drug-likeness (QED) is 0.888. The molecule has 1 saturated heterocycles. The molecule has 19 heavy (non-hydrogen) atoms. The van der Waals surface area contributed by atoms with Gasteiger partial charge >= 0.3 is 0 Å². The SMILES string of the molecule is CC(NC1CCCSC1)c1cccc2ccccc12. The van der Waals surface area contributed by atoms with Gasteiger partial charge in [0.2, 0.25) is 0 Å². The van der Waals surface area contributed by atoms with Crippen molar-refractivity contribution in [3.63, 3.8) is 0 Å². The van der Waals surface area contributed by atoms with E-state index in [0.717, 1.165) is 0 Å². The van der Waals surface area contributed by atoms with E-state index in [1.165, 1.54) is 40.7 Å². The molecular formula is C17H21NS. The Kier molecular flexibility index (Phi) is 4.09. The van der Waals surface area contributed by atoms with Crippen molar-refractivity contribution in [1.29, 1.82) is 0 Å². The van der Waals surface area contributed by atoms with Crippen molar-refractivity contribution in [3.05, 3.63) is 48.0 Å². The van der Waals surface area contributed by atoms with Gasteiger partial charge in [0.15, 0.2) is 0 Å². The Bertz CT molecular complexity index is 540. The van der Waals surface area contributed by atoms with Gasteiger partial charge in [-0.25, -0.2) is 0 Å². The lowest BCUT2D eigenvalue weighted by atomic mass is 9.99. The molecule has 1 fully saturated rings. The number of thioether (sulfide) groups is 1. The van der Waals surface area contributed by atoms with Crippen molar-refractivity contribution >= 4 is 22.5 Å². The molecule has 1 aliphatic heterocycles. The third-order valence-electron chi connectivity index (χ3n) is 3.94. The van der Waals surface area contributed by atoms with Crippen molar-refractivity contribution in [2.75, 3.05) is 11.5 Å². The first-order valence-electron chi connectivity index (χ1n) is 7.16. The van der Waals surface area contributed by atoms with Crippen molar-refractivity contribution in [2.45, 2.75) is 31.8 Å². The van der Waals surface area contributed by atoms with Gasteiger partial charge in [0, 0.05) is 17.8 Å².